The Morgan fingerprint density at radius 1 is 1.50 bits per heavy atom. The molecule has 0 aromatic heterocycles. The lowest BCUT2D eigenvalue weighted by atomic mass is 9.97. The minimum absolute atomic E-state index is 0.341. The molecule has 0 fully saturated rings. The molecule has 0 aliphatic heterocycles. The number of ether oxygens (including phenoxy) is 1. The van der Waals surface area contributed by atoms with E-state index in [0.29, 0.717) is 0 Å². The Labute approximate surface area is 90.6 Å². The number of aliphatic carboxylic acids is 1. The van der Waals surface area contributed by atoms with E-state index in [0.717, 1.165) is 19.2 Å². The molecule has 1 rings (SSSR count). The number of hydrogen-bond acceptors (Lipinski definition) is 3. The average molecular weight is 231 g/mol. The van der Waals surface area contributed by atoms with Crippen LogP contribution in [0.2, 0.25) is 0 Å². The first kappa shape index (κ1) is 12.4. The molecule has 1 unspecified atom stereocenters. The lowest BCUT2D eigenvalue weighted by molar-refractivity contribution is -0.138. The predicted molar refractivity (Wildman–Crippen MR) is 52.3 cm³/mol. The fourth-order valence-electron chi connectivity index (χ4n) is 1.42. The maximum atomic E-state index is 13.4. The summed E-state index contributed by atoms with van der Waals surface area (Å²) >= 11 is 0. The van der Waals surface area contributed by atoms with E-state index in [9.17, 15) is 13.6 Å². The molecule has 88 valence electrons. The van der Waals surface area contributed by atoms with Crippen LogP contribution in [0.4, 0.5) is 8.78 Å². The highest BCUT2D eigenvalue weighted by Gasteiger charge is 2.27. The van der Waals surface area contributed by atoms with Crippen LogP contribution in [-0.4, -0.2) is 24.7 Å². The molecule has 6 heteroatoms. The fraction of sp³-hybridized carbons (Fsp3) is 0.300. The van der Waals surface area contributed by atoms with Crippen molar-refractivity contribution in [1.29, 1.82) is 0 Å². The van der Waals surface area contributed by atoms with Crippen LogP contribution in [0.5, 0.6) is 5.75 Å². The van der Waals surface area contributed by atoms with E-state index in [1.54, 1.807) is 0 Å². The third-order valence-corrected chi connectivity index (χ3v) is 2.18. The molecule has 0 aliphatic rings. The van der Waals surface area contributed by atoms with Crippen molar-refractivity contribution in [2.45, 2.75) is 5.92 Å². The topological polar surface area (TPSA) is 72.5 Å². The van der Waals surface area contributed by atoms with Gasteiger partial charge in [0.1, 0.15) is 11.7 Å². The summed E-state index contributed by atoms with van der Waals surface area (Å²) in [5, 5.41) is 8.84. The second-order valence-corrected chi connectivity index (χ2v) is 3.10. The quantitative estimate of drug-likeness (QED) is 0.813. The van der Waals surface area contributed by atoms with Crippen LogP contribution in [0.3, 0.4) is 0 Å². The van der Waals surface area contributed by atoms with Gasteiger partial charge in [0.25, 0.3) is 0 Å². The van der Waals surface area contributed by atoms with Gasteiger partial charge in [-0.05, 0) is 12.1 Å². The van der Waals surface area contributed by atoms with Gasteiger partial charge in [-0.2, -0.15) is 0 Å². The van der Waals surface area contributed by atoms with Crippen LogP contribution in [0.1, 0.15) is 11.5 Å². The number of halogens is 2. The lowest BCUT2D eigenvalue weighted by Gasteiger charge is -2.15. The van der Waals surface area contributed by atoms with Crippen molar-refractivity contribution in [3.8, 4) is 5.75 Å². The molecule has 0 spiro atoms. The van der Waals surface area contributed by atoms with Crippen molar-refractivity contribution in [3.63, 3.8) is 0 Å². The van der Waals surface area contributed by atoms with Crippen LogP contribution in [0.25, 0.3) is 0 Å². The summed E-state index contributed by atoms with van der Waals surface area (Å²) in [5.41, 5.74) is 4.86. The van der Waals surface area contributed by atoms with E-state index < -0.39 is 29.3 Å². The molecule has 1 aromatic carbocycles. The Hall–Kier alpha value is -1.69. The van der Waals surface area contributed by atoms with Crippen LogP contribution in [0, 0.1) is 11.6 Å². The zero-order valence-corrected chi connectivity index (χ0v) is 8.54. The van der Waals surface area contributed by atoms with Crippen molar-refractivity contribution in [3.05, 3.63) is 29.3 Å². The lowest BCUT2D eigenvalue weighted by Crippen LogP contribution is -2.23. The monoisotopic (exact) mass is 231 g/mol. The SMILES string of the molecule is COc1c(F)ccc(F)c1C(CN)C(=O)O. The first-order chi connectivity index (χ1) is 7.52. The smallest absolute Gasteiger partial charge is 0.312 e. The molecule has 0 aliphatic carbocycles. The molecule has 16 heavy (non-hydrogen) atoms. The Bertz CT molecular complexity index is 409. The van der Waals surface area contributed by atoms with Gasteiger partial charge >= 0.3 is 5.97 Å². The third-order valence-electron chi connectivity index (χ3n) is 2.18. The standard InChI is InChI=1S/C10H11F2NO3/c1-16-9-7(12)3-2-6(11)8(9)5(4-13)10(14)15/h2-3,5H,4,13H2,1H3,(H,14,15). The number of methoxy groups -OCH3 is 1. The van der Waals surface area contributed by atoms with Gasteiger partial charge in [-0.3, -0.25) is 4.79 Å². The molecule has 4 nitrogen and oxygen atoms in total. The summed E-state index contributed by atoms with van der Waals surface area (Å²) in [6, 6.07) is 1.71. The third kappa shape index (κ3) is 2.11. The summed E-state index contributed by atoms with van der Waals surface area (Å²) in [6.07, 6.45) is 0. The Morgan fingerprint density at radius 3 is 2.50 bits per heavy atom. The summed E-state index contributed by atoms with van der Waals surface area (Å²) in [7, 11) is 1.14. The highest BCUT2D eigenvalue weighted by Crippen LogP contribution is 2.31. The molecule has 0 amide bonds. The molecule has 1 aromatic rings. The van der Waals surface area contributed by atoms with Crippen molar-refractivity contribution in [1.82, 2.24) is 0 Å². The number of carboxylic acids is 1. The summed E-state index contributed by atoms with van der Waals surface area (Å²) in [5.74, 6) is -4.75. The molecule has 0 bridgehead atoms. The van der Waals surface area contributed by atoms with E-state index >= 15 is 0 Å². The van der Waals surface area contributed by atoms with Gasteiger partial charge in [-0.25, -0.2) is 8.78 Å². The molecule has 0 saturated carbocycles. The van der Waals surface area contributed by atoms with Crippen LogP contribution < -0.4 is 10.5 Å². The summed E-state index contributed by atoms with van der Waals surface area (Å²) in [6.45, 7) is -0.341. The van der Waals surface area contributed by atoms with Gasteiger partial charge in [0.15, 0.2) is 11.6 Å². The van der Waals surface area contributed by atoms with Gasteiger partial charge in [-0.1, -0.05) is 0 Å². The predicted octanol–water partition coefficient (Wildman–Crippen LogP) is 1.10. The van der Waals surface area contributed by atoms with Gasteiger partial charge in [-0.15, -0.1) is 0 Å². The first-order valence-corrected chi connectivity index (χ1v) is 4.47. The number of hydrogen-bond donors (Lipinski definition) is 2. The van der Waals surface area contributed by atoms with Crippen molar-refractivity contribution >= 4 is 5.97 Å². The molecule has 1 atom stereocenters. The molecular formula is C10H11F2NO3. The molecule has 0 saturated heterocycles. The molecule has 3 N–H and O–H groups in total. The second kappa shape index (κ2) is 4.89. The van der Waals surface area contributed by atoms with Crippen molar-refractivity contribution < 1.29 is 23.4 Å². The average Bonchev–Trinajstić information content (AvgIpc) is 2.24. The molecule has 0 radical (unpaired) electrons. The minimum atomic E-state index is -1.33. The number of carboxylic acid groups (broad SMARTS) is 1. The summed E-state index contributed by atoms with van der Waals surface area (Å²) < 4.78 is 31.4. The number of rotatable bonds is 4. The van der Waals surface area contributed by atoms with E-state index in [1.807, 2.05) is 0 Å². The zero-order chi connectivity index (χ0) is 12.3. The van der Waals surface area contributed by atoms with Gasteiger partial charge in [0.2, 0.25) is 0 Å². The highest BCUT2D eigenvalue weighted by molar-refractivity contribution is 5.77. The number of nitrogens with two attached hydrogens (primary N) is 1. The normalized spacial score (nSPS) is 12.2. The first-order valence-electron chi connectivity index (χ1n) is 4.47. The summed E-state index contributed by atoms with van der Waals surface area (Å²) in [4.78, 5) is 10.8. The van der Waals surface area contributed by atoms with Gasteiger partial charge in [0.05, 0.1) is 7.11 Å². The van der Waals surface area contributed by atoms with Gasteiger partial charge in [0, 0.05) is 12.1 Å². The van der Waals surface area contributed by atoms with E-state index in [2.05, 4.69) is 4.74 Å². The van der Waals surface area contributed by atoms with Crippen LogP contribution >= 0.6 is 0 Å². The maximum Gasteiger partial charge on any atom is 0.312 e. The number of benzene rings is 1. The Balaban J connectivity index is 3.39. The zero-order valence-electron chi connectivity index (χ0n) is 8.54. The highest BCUT2D eigenvalue weighted by atomic mass is 19.1. The van der Waals surface area contributed by atoms with Crippen LogP contribution in [-0.2, 0) is 4.79 Å². The van der Waals surface area contributed by atoms with Crippen molar-refractivity contribution in [2.24, 2.45) is 5.73 Å². The maximum absolute atomic E-state index is 13.4. The van der Waals surface area contributed by atoms with E-state index in [4.69, 9.17) is 10.8 Å². The van der Waals surface area contributed by atoms with Gasteiger partial charge < -0.3 is 15.6 Å². The second-order valence-electron chi connectivity index (χ2n) is 3.10. The number of carbonyl (C=O) groups is 1. The molecule has 0 heterocycles. The molecular weight excluding hydrogens is 220 g/mol. The Morgan fingerprint density at radius 2 is 2.06 bits per heavy atom. The largest absolute Gasteiger partial charge is 0.493 e. The minimum Gasteiger partial charge on any atom is -0.493 e. The van der Waals surface area contributed by atoms with Crippen molar-refractivity contribution in [2.75, 3.05) is 13.7 Å². The van der Waals surface area contributed by atoms with Crippen LogP contribution in [0.15, 0.2) is 12.1 Å². The van der Waals surface area contributed by atoms with E-state index in [-0.39, 0.29) is 12.1 Å². The van der Waals surface area contributed by atoms with E-state index in [1.165, 1.54) is 0 Å². The Kier molecular flexibility index (Phi) is 3.78. The fourth-order valence-corrected chi connectivity index (χ4v) is 1.42.